The Bertz CT molecular complexity index is 867. The van der Waals surface area contributed by atoms with Crippen LogP contribution in [0.2, 0.25) is 0 Å². The van der Waals surface area contributed by atoms with Crippen LogP contribution in [0.15, 0.2) is 23.2 Å². The minimum absolute atomic E-state index is 0.144. The van der Waals surface area contributed by atoms with Crippen LogP contribution in [0.1, 0.15) is 29.2 Å². The van der Waals surface area contributed by atoms with Gasteiger partial charge in [-0.25, -0.2) is 4.99 Å². The number of aliphatic imine (C=N–C) groups is 1. The molecule has 0 saturated heterocycles. The van der Waals surface area contributed by atoms with Crippen LogP contribution in [-0.2, 0) is 24.9 Å². The topological polar surface area (TPSA) is 85.6 Å². The lowest BCUT2D eigenvalue weighted by Gasteiger charge is -2.15. The van der Waals surface area contributed by atoms with Crippen LogP contribution in [0.25, 0.3) is 0 Å². The zero-order valence-electron chi connectivity index (χ0n) is 18.2. The second-order valence-corrected chi connectivity index (χ2v) is 7.03. The van der Waals surface area contributed by atoms with Crippen molar-refractivity contribution < 1.29 is 22.6 Å². The average molecular weight is 442 g/mol. The third kappa shape index (κ3) is 8.44. The Kier molecular flexibility index (Phi) is 9.10. The number of ether oxygens (including phenoxy) is 2. The van der Waals surface area contributed by atoms with Gasteiger partial charge in [0.15, 0.2) is 18.4 Å². The molecule has 0 aliphatic heterocycles. The SMILES string of the molecule is COCCCNC(=NCc1ccc(C)cc1OCC(F)(F)F)NCc1nnc(C)n1C. The highest BCUT2D eigenvalue weighted by atomic mass is 19.4. The summed E-state index contributed by atoms with van der Waals surface area (Å²) in [6.07, 6.45) is -3.64. The fourth-order valence-electron chi connectivity index (χ4n) is 2.62. The van der Waals surface area contributed by atoms with Crippen LogP contribution in [0.4, 0.5) is 13.2 Å². The summed E-state index contributed by atoms with van der Waals surface area (Å²) in [5, 5.41) is 14.5. The number of hydrogen-bond donors (Lipinski definition) is 2. The van der Waals surface area contributed by atoms with Gasteiger partial charge in [0, 0.05) is 32.9 Å². The number of methoxy groups -OCH3 is 1. The molecule has 0 atom stereocenters. The van der Waals surface area contributed by atoms with Gasteiger partial charge in [-0.15, -0.1) is 10.2 Å². The van der Waals surface area contributed by atoms with Crippen molar-refractivity contribution in [3.8, 4) is 5.75 Å². The number of guanidine groups is 1. The number of halogens is 3. The van der Waals surface area contributed by atoms with Gasteiger partial charge in [0.05, 0.1) is 13.1 Å². The fraction of sp³-hybridized carbons (Fsp3) is 0.550. The molecule has 8 nitrogen and oxygen atoms in total. The van der Waals surface area contributed by atoms with E-state index < -0.39 is 12.8 Å². The van der Waals surface area contributed by atoms with E-state index in [2.05, 4.69) is 25.8 Å². The Morgan fingerprint density at radius 3 is 2.61 bits per heavy atom. The van der Waals surface area contributed by atoms with Crippen LogP contribution in [0.3, 0.4) is 0 Å². The molecule has 0 spiro atoms. The number of hydrogen-bond acceptors (Lipinski definition) is 5. The van der Waals surface area contributed by atoms with Gasteiger partial charge in [-0.3, -0.25) is 0 Å². The van der Waals surface area contributed by atoms with Crippen LogP contribution in [-0.4, -0.2) is 53.8 Å². The molecule has 0 amide bonds. The summed E-state index contributed by atoms with van der Waals surface area (Å²) in [6.45, 7) is 4.04. The lowest BCUT2D eigenvalue weighted by molar-refractivity contribution is -0.153. The standard InChI is InChI=1S/C20H29F3N6O2/c1-14-6-7-16(17(10-14)31-13-20(21,22)23)11-25-19(24-8-5-9-30-4)26-12-18-28-27-15(2)29(18)3/h6-7,10H,5,8-9,11-13H2,1-4H3,(H2,24,25,26). The molecule has 11 heteroatoms. The number of nitrogens with zero attached hydrogens (tertiary/aromatic N) is 4. The Labute approximate surface area is 179 Å². The minimum atomic E-state index is -4.41. The maximum absolute atomic E-state index is 12.6. The Hall–Kier alpha value is -2.82. The average Bonchev–Trinajstić information content (AvgIpc) is 3.03. The van der Waals surface area contributed by atoms with E-state index in [9.17, 15) is 13.2 Å². The second kappa shape index (κ2) is 11.5. The molecule has 0 saturated carbocycles. The molecule has 1 heterocycles. The number of rotatable bonds is 10. The first-order valence-electron chi connectivity index (χ1n) is 9.84. The highest BCUT2D eigenvalue weighted by molar-refractivity contribution is 5.79. The molecular formula is C20H29F3N6O2. The Morgan fingerprint density at radius 1 is 1.19 bits per heavy atom. The highest BCUT2D eigenvalue weighted by Crippen LogP contribution is 2.24. The zero-order valence-corrected chi connectivity index (χ0v) is 18.2. The molecule has 0 fully saturated rings. The molecule has 172 valence electrons. The molecule has 2 rings (SSSR count). The normalized spacial score (nSPS) is 12.2. The van der Waals surface area contributed by atoms with E-state index in [1.807, 2.05) is 24.6 Å². The maximum atomic E-state index is 12.6. The van der Waals surface area contributed by atoms with E-state index in [1.165, 1.54) is 0 Å². The summed E-state index contributed by atoms with van der Waals surface area (Å²) >= 11 is 0. The first kappa shape index (κ1) is 24.4. The quantitative estimate of drug-likeness (QED) is 0.334. The minimum Gasteiger partial charge on any atom is -0.484 e. The smallest absolute Gasteiger partial charge is 0.422 e. The van der Waals surface area contributed by atoms with Crippen molar-refractivity contribution in [1.29, 1.82) is 0 Å². The van der Waals surface area contributed by atoms with Crippen molar-refractivity contribution in [3.05, 3.63) is 41.0 Å². The van der Waals surface area contributed by atoms with Gasteiger partial charge in [-0.1, -0.05) is 12.1 Å². The summed E-state index contributed by atoms with van der Waals surface area (Å²) in [5.74, 6) is 2.19. The third-order valence-corrected chi connectivity index (χ3v) is 4.44. The maximum Gasteiger partial charge on any atom is 0.422 e. The van der Waals surface area contributed by atoms with Crippen molar-refractivity contribution >= 4 is 5.96 Å². The Balaban J connectivity index is 2.11. The molecule has 0 bridgehead atoms. The van der Waals surface area contributed by atoms with Crippen LogP contribution in [0.5, 0.6) is 5.75 Å². The van der Waals surface area contributed by atoms with Crippen LogP contribution < -0.4 is 15.4 Å². The molecule has 0 aliphatic rings. The van der Waals surface area contributed by atoms with Crippen LogP contribution in [0, 0.1) is 13.8 Å². The van der Waals surface area contributed by atoms with Crippen molar-refractivity contribution in [2.24, 2.45) is 12.0 Å². The van der Waals surface area contributed by atoms with E-state index >= 15 is 0 Å². The van der Waals surface area contributed by atoms with E-state index in [0.29, 0.717) is 31.2 Å². The van der Waals surface area contributed by atoms with E-state index in [0.717, 1.165) is 23.6 Å². The fourth-order valence-corrected chi connectivity index (χ4v) is 2.62. The lowest BCUT2D eigenvalue weighted by atomic mass is 10.1. The molecule has 0 aliphatic carbocycles. The molecule has 2 N–H and O–H groups in total. The predicted octanol–water partition coefficient (Wildman–Crippen LogP) is 2.64. The molecule has 2 aromatic rings. The van der Waals surface area contributed by atoms with Gasteiger partial charge in [-0.2, -0.15) is 13.2 Å². The summed E-state index contributed by atoms with van der Waals surface area (Å²) in [7, 11) is 3.50. The highest BCUT2D eigenvalue weighted by Gasteiger charge is 2.28. The summed E-state index contributed by atoms with van der Waals surface area (Å²) < 4.78 is 49.7. The number of aromatic nitrogens is 3. The molecule has 0 unspecified atom stereocenters. The van der Waals surface area contributed by atoms with Crippen molar-refractivity contribution in [1.82, 2.24) is 25.4 Å². The van der Waals surface area contributed by atoms with Crippen molar-refractivity contribution in [2.45, 2.75) is 39.5 Å². The summed E-state index contributed by atoms with van der Waals surface area (Å²) in [5.41, 5.74) is 1.36. The largest absolute Gasteiger partial charge is 0.484 e. The third-order valence-electron chi connectivity index (χ3n) is 4.44. The predicted molar refractivity (Wildman–Crippen MR) is 111 cm³/mol. The Morgan fingerprint density at radius 2 is 1.97 bits per heavy atom. The number of aryl methyl sites for hydroxylation is 2. The zero-order chi connectivity index (χ0) is 22.9. The summed E-state index contributed by atoms with van der Waals surface area (Å²) in [4.78, 5) is 4.51. The molecule has 1 aromatic heterocycles. The number of nitrogens with one attached hydrogen (secondary N) is 2. The van der Waals surface area contributed by atoms with Crippen molar-refractivity contribution in [3.63, 3.8) is 0 Å². The van der Waals surface area contributed by atoms with Gasteiger partial charge in [0.1, 0.15) is 11.6 Å². The first-order chi connectivity index (χ1) is 14.7. The number of alkyl halides is 3. The van der Waals surface area contributed by atoms with Crippen LogP contribution >= 0.6 is 0 Å². The van der Waals surface area contributed by atoms with Crippen molar-refractivity contribution in [2.75, 3.05) is 26.9 Å². The van der Waals surface area contributed by atoms with Gasteiger partial charge < -0.3 is 24.7 Å². The van der Waals surface area contributed by atoms with Gasteiger partial charge in [-0.05, 0) is 31.9 Å². The van der Waals surface area contributed by atoms with Gasteiger partial charge in [0.2, 0.25) is 0 Å². The van der Waals surface area contributed by atoms with E-state index in [1.54, 1.807) is 26.2 Å². The monoisotopic (exact) mass is 442 g/mol. The summed E-state index contributed by atoms with van der Waals surface area (Å²) in [6, 6.07) is 5.11. The second-order valence-electron chi connectivity index (χ2n) is 7.03. The number of benzene rings is 1. The van der Waals surface area contributed by atoms with Gasteiger partial charge in [0.25, 0.3) is 0 Å². The van der Waals surface area contributed by atoms with E-state index in [4.69, 9.17) is 9.47 Å². The molecular weight excluding hydrogens is 413 g/mol. The molecule has 1 aromatic carbocycles. The lowest BCUT2D eigenvalue weighted by Crippen LogP contribution is -2.38. The first-order valence-corrected chi connectivity index (χ1v) is 9.84. The van der Waals surface area contributed by atoms with E-state index in [-0.39, 0.29) is 12.3 Å². The molecule has 0 radical (unpaired) electrons. The molecule has 31 heavy (non-hydrogen) atoms. The van der Waals surface area contributed by atoms with Gasteiger partial charge >= 0.3 is 6.18 Å².